The third kappa shape index (κ3) is 3.25. The summed E-state index contributed by atoms with van der Waals surface area (Å²) in [5.74, 6) is -0.427. The van der Waals surface area contributed by atoms with E-state index in [1.165, 1.54) is 6.20 Å². The molecule has 10 heteroatoms. The molecule has 0 aliphatic carbocycles. The fourth-order valence-corrected chi connectivity index (χ4v) is 2.25. The van der Waals surface area contributed by atoms with Crippen LogP contribution in [0.4, 0.5) is 0 Å². The van der Waals surface area contributed by atoms with Gasteiger partial charge in [-0.05, 0) is 6.42 Å². The van der Waals surface area contributed by atoms with Gasteiger partial charge in [-0.1, -0.05) is 12.1 Å². The van der Waals surface area contributed by atoms with Crippen LogP contribution < -0.4 is 5.32 Å². The standard InChI is InChI=1S/C12H20N4O6/c1-2-3-13-11(20)6-4-16(15-14-6)8-9(18)7(5-17)22-12(21)10(8)19/h4,7-10,12,17-19,21H,2-3,5H2,1H3,(H,13,20)/t7-,8+,9+,10-,12-/m1/s1. The number of nitrogens with zero attached hydrogens (tertiary/aromatic N) is 3. The van der Waals surface area contributed by atoms with Crippen molar-refractivity contribution in [3.8, 4) is 0 Å². The van der Waals surface area contributed by atoms with Gasteiger partial charge in [-0.2, -0.15) is 0 Å². The van der Waals surface area contributed by atoms with Crippen molar-refractivity contribution in [3.63, 3.8) is 0 Å². The lowest BCUT2D eigenvalue weighted by Crippen LogP contribution is -2.55. The molecule has 0 aromatic carbocycles. The number of hydrogen-bond acceptors (Lipinski definition) is 8. The Morgan fingerprint density at radius 1 is 1.41 bits per heavy atom. The number of rotatable bonds is 5. The molecule has 2 heterocycles. The summed E-state index contributed by atoms with van der Waals surface area (Å²) in [6.07, 6.45) is -3.45. The quantitative estimate of drug-likeness (QED) is 0.396. The number of aromatic nitrogens is 3. The van der Waals surface area contributed by atoms with Gasteiger partial charge in [0.05, 0.1) is 12.8 Å². The maximum absolute atomic E-state index is 11.8. The lowest BCUT2D eigenvalue weighted by molar-refractivity contribution is -0.270. The number of amides is 1. The summed E-state index contributed by atoms with van der Waals surface area (Å²) in [7, 11) is 0. The van der Waals surface area contributed by atoms with E-state index in [4.69, 9.17) is 9.84 Å². The van der Waals surface area contributed by atoms with Crippen LogP contribution in [0.25, 0.3) is 0 Å². The summed E-state index contributed by atoms with van der Waals surface area (Å²) < 4.78 is 5.97. The third-order valence-electron chi connectivity index (χ3n) is 3.45. The number of nitrogens with one attached hydrogen (secondary N) is 1. The van der Waals surface area contributed by atoms with Crippen LogP contribution in [0.15, 0.2) is 6.20 Å². The number of ether oxygens (including phenoxy) is 1. The smallest absolute Gasteiger partial charge is 0.273 e. The molecule has 1 amide bonds. The zero-order chi connectivity index (χ0) is 16.3. The third-order valence-corrected chi connectivity index (χ3v) is 3.45. The van der Waals surface area contributed by atoms with Gasteiger partial charge in [-0.3, -0.25) is 4.79 Å². The first-order valence-electron chi connectivity index (χ1n) is 7.00. The van der Waals surface area contributed by atoms with E-state index in [1.54, 1.807) is 0 Å². The summed E-state index contributed by atoms with van der Waals surface area (Å²) in [5.41, 5.74) is 0.0226. The Balaban J connectivity index is 2.18. The Bertz CT molecular complexity index is 510. The molecule has 124 valence electrons. The fraction of sp³-hybridized carbons (Fsp3) is 0.750. The van der Waals surface area contributed by atoms with E-state index < -0.39 is 43.2 Å². The van der Waals surface area contributed by atoms with E-state index >= 15 is 0 Å². The van der Waals surface area contributed by atoms with Gasteiger partial charge in [0.1, 0.15) is 24.4 Å². The largest absolute Gasteiger partial charge is 0.394 e. The average Bonchev–Trinajstić information content (AvgIpc) is 2.98. The van der Waals surface area contributed by atoms with Gasteiger partial charge in [0, 0.05) is 6.54 Å². The summed E-state index contributed by atoms with van der Waals surface area (Å²) in [6, 6.07) is -1.10. The molecule has 1 aliphatic heterocycles. The fourth-order valence-electron chi connectivity index (χ4n) is 2.25. The Labute approximate surface area is 126 Å². The Kier molecular flexibility index (Phi) is 5.42. The molecule has 5 N–H and O–H groups in total. The second-order valence-corrected chi connectivity index (χ2v) is 5.06. The van der Waals surface area contributed by atoms with Gasteiger partial charge in [-0.15, -0.1) is 5.10 Å². The number of aliphatic hydroxyl groups is 4. The van der Waals surface area contributed by atoms with E-state index in [0.717, 1.165) is 11.1 Å². The molecule has 1 aromatic heterocycles. The van der Waals surface area contributed by atoms with Crippen LogP contribution in [-0.2, 0) is 4.74 Å². The van der Waals surface area contributed by atoms with Crippen molar-refractivity contribution in [2.45, 2.75) is 44.0 Å². The van der Waals surface area contributed by atoms with E-state index in [2.05, 4.69) is 15.6 Å². The van der Waals surface area contributed by atoms with E-state index in [1.807, 2.05) is 6.92 Å². The normalized spacial score (nSPS) is 32.0. The molecule has 2 rings (SSSR count). The maximum atomic E-state index is 11.8. The van der Waals surface area contributed by atoms with Crippen molar-refractivity contribution in [1.82, 2.24) is 20.3 Å². The van der Waals surface area contributed by atoms with Crippen LogP contribution in [0.5, 0.6) is 0 Å². The Hall–Kier alpha value is -1.59. The lowest BCUT2D eigenvalue weighted by atomic mass is 9.96. The zero-order valence-electron chi connectivity index (χ0n) is 12.0. The van der Waals surface area contributed by atoms with Crippen molar-refractivity contribution in [2.24, 2.45) is 0 Å². The first-order chi connectivity index (χ1) is 10.5. The highest BCUT2D eigenvalue weighted by atomic mass is 16.6. The van der Waals surface area contributed by atoms with Gasteiger partial charge in [-0.25, -0.2) is 4.68 Å². The minimum Gasteiger partial charge on any atom is -0.394 e. The van der Waals surface area contributed by atoms with Crippen molar-refractivity contribution in [2.75, 3.05) is 13.2 Å². The van der Waals surface area contributed by atoms with Crippen LogP contribution in [0.2, 0.25) is 0 Å². The highest BCUT2D eigenvalue weighted by Crippen LogP contribution is 2.28. The molecule has 0 radical (unpaired) electrons. The molecule has 10 nitrogen and oxygen atoms in total. The molecular weight excluding hydrogens is 296 g/mol. The van der Waals surface area contributed by atoms with Crippen molar-refractivity contribution >= 4 is 5.91 Å². The molecule has 5 atom stereocenters. The Morgan fingerprint density at radius 3 is 2.77 bits per heavy atom. The van der Waals surface area contributed by atoms with Crippen molar-refractivity contribution in [1.29, 1.82) is 0 Å². The predicted molar refractivity (Wildman–Crippen MR) is 71.7 cm³/mol. The highest BCUT2D eigenvalue weighted by molar-refractivity contribution is 5.91. The second kappa shape index (κ2) is 7.11. The number of carbonyl (C=O) groups is 1. The second-order valence-electron chi connectivity index (χ2n) is 5.06. The maximum Gasteiger partial charge on any atom is 0.273 e. The minimum atomic E-state index is -1.59. The van der Waals surface area contributed by atoms with Crippen LogP contribution in [0, 0.1) is 0 Å². The van der Waals surface area contributed by atoms with Crippen LogP contribution in [0.1, 0.15) is 29.9 Å². The van der Waals surface area contributed by atoms with Crippen LogP contribution in [0.3, 0.4) is 0 Å². The first-order valence-corrected chi connectivity index (χ1v) is 7.00. The van der Waals surface area contributed by atoms with Gasteiger partial charge in [0.2, 0.25) is 0 Å². The van der Waals surface area contributed by atoms with Gasteiger partial charge in [0.25, 0.3) is 5.91 Å². The molecule has 1 saturated heterocycles. The van der Waals surface area contributed by atoms with Crippen LogP contribution >= 0.6 is 0 Å². The zero-order valence-corrected chi connectivity index (χ0v) is 12.0. The monoisotopic (exact) mass is 316 g/mol. The van der Waals surface area contributed by atoms with Gasteiger partial charge < -0.3 is 30.5 Å². The summed E-state index contributed by atoms with van der Waals surface area (Å²) in [6.45, 7) is 1.85. The molecule has 1 fully saturated rings. The van der Waals surface area contributed by atoms with Crippen molar-refractivity contribution in [3.05, 3.63) is 11.9 Å². The number of carbonyl (C=O) groups excluding carboxylic acids is 1. The molecule has 0 unspecified atom stereocenters. The van der Waals surface area contributed by atoms with E-state index in [-0.39, 0.29) is 5.69 Å². The first kappa shape index (κ1) is 16.8. The summed E-state index contributed by atoms with van der Waals surface area (Å²) in [4.78, 5) is 11.8. The molecule has 22 heavy (non-hydrogen) atoms. The molecule has 1 aliphatic rings. The highest BCUT2D eigenvalue weighted by Gasteiger charge is 2.45. The summed E-state index contributed by atoms with van der Waals surface area (Å²) in [5, 5.41) is 48.8. The van der Waals surface area contributed by atoms with Gasteiger partial charge in [0.15, 0.2) is 12.0 Å². The Morgan fingerprint density at radius 2 is 2.14 bits per heavy atom. The molecule has 0 spiro atoms. The topological polar surface area (TPSA) is 150 Å². The summed E-state index contributed by atoms with van der Waals surface area (Å²) >= 11 is 0. The lowest BCUT2D eigenvalue weighted by Gasteiger charge is -2.39. The number of hydrogen-bond donors (Lipinski definition) is 5. The predicted octanol–water partition coefficient (Wildman–Crippen LogP) is -2.61. The van der Waals surface area contributed by atoms with E-state index in [0.29, 0.717) is 6.54 Å². The van der Waals surface area contributed by atoms with Crippen LogP contribution in [-0.4, -0.2) is 79.1 Å². The van der Waals surface area contributed by atoms with E-state index in [9.17, 15) is 20.1 Å². The molecule has 1 aromatic rings. The molecule has 0 saturated carbocycles. The van der Waals surface area contributed by atoms with Gasteiger partial charge >= 0.3 is 0 Å². The number of aliphatic hydroxyl groups excluding tert-OH is 4. The SMILES string of the molecule is CCCNC(=O)c1cn([C@@H]2[C@@H](O)[C@H](O)O[C@H](CO)[C@@H]2O)nn1. The minimum absolute atomic E-state index is 0.0226. The molecular formula is C12H20N4O6. The average molecular weight is 316 g/mol. The molecule has 0 bridgehead atoms. The van der Waals surface area contributed by atoms with Crippen molar-refractivity contribution < 1.29 is 30.0 Å².